The Hall–Kier alpha value is -1.44. The minimum atomic E-state index is -0.119. The van der Waals surface area contributed by atoms with Crippen LogP contribution in [0.1, 0.15) is 72.4 Å². The maximum absolute atomic E-state index is 10.7. The van der Waals surface area contributed by atoms with E-state index >= 15 is 0 Å². The molecule has 0 fully saturated rings. The molecule has 0 aliphatic carbocycles. The molecule has 124 valence electrons. The van der Waals surface area contributed by atoms with Crippen LogP contribution in [-0.4, -0.2) is 11.7 Å². The van der Waals surface area contributed by atoms with Gasteiger partial charge in [-0.2, -0.15) is 0 Å². The summed E-state index contributed by atoms with van der Waals surface area (Å²) in [5, 5.41) is 10.7. The predicted molar refractivity (Wildman–Crippen MR) is 95.0 cm³/mol. The lowest BCUT2D eigenvalue weighted by molar-refractivity contribution is 0.320. The second-order valence-electron chi connectivity index (χ2n) is 7.88. The Bertz CT molecular complexity index is 478. The molecule has 1 aromatic carbocycles. The van der Waals surface area contributed by atoms with Crippen LogP contribution < -0.4 is 4.74 Å². The van der Waals surface area contributed by atoms with E-state index in [2.05, 4.69) is 60.6 Å². The van der Waals surface area contributed by atoms with Crippen LogP contribution in [0, 0.1) is 0 Å². The molecule has 0 unspecified atom stereocenters. The van der Waals surface area contributed by atoms with Crippen LogP contribution >= 0.6 is 0 Å². The van der Waals surface area contributed by atoms with Gasteiger partial charge in [0.1, 0.15) is 11.5 Å². The van der Waals surface area contributed by atoms with E-state index in [-0.39, 0.29) is 10.8 Å². The Kier molecular flexibility index (Phi) is 6.10. The second kappa shape index (κ2) is 7.21. The van der Waals surface area contributed by atoms with Crippen LogP contribution in [0.15, 0.2) is 24.3 Å². The summed E-state index contributed by atoms with van der Waals surface area (Å²) in [6, 6.07) is 3.96. The Labute approximate surface area is 136 Å². The van der Waals surface area contributed by atoms with Crippen molar-refractivity contribution in [1.29, 1.82) is 0 Å². The fourth-order valence-corrected chi connectivity index (χ4v) is 2.36. The number of aromatic hydroxyl groups is 1. The molecule has 0 saturated heterocycles. The zero-order valence-electron chi connectivity index (χ0n) is 15.3. The number of benzene rings is 1. The second-order valence-corrected chi connectivity index (χ2v) is 7.88. The van der Waals surface area contributed by atoms with Gasteiger partial charge in [0.15, 0.2) is 0 Å². The number of hydrogen-bond donors (Lipinski definition) is 1. The SMILES string of the molecule is CCC=CCCOc1cc(C(C)(C)C)c(O)c(C(C)(C)C)c1. The van der Waals surface area contributed by atoms with Gasteiger partial charge in [0, 0.05) is 11.1 Å². The van der Waals surface area contributed by atoms with Crippen molar-refractivity contribution in [1.82, 2.24) is 0 Å². The van der Waals surface area contributed by atoms with Gasteiger partial charge >= 0.3 is 0 Å². The number of rotatable bonds is 5. The van der Waals surface area contributed by atoms with E-state index in [4.69, 9.17) is 4.74 Å². The summed E-state index contributed by atoms with van der Waals surface area (Å²) < 4.78 is 5.92. The molecule has 2 nitrogen and oxygen atoms in total. The first-order chi connectivity index (χ1) is 10.1. The van der Waals surface area contributed by atoms with Crippen LogP contribution in [0.4, 0.5) is 0 Å². The van der Waals surface area contributed by atoms with Crippen molar-refractivity contribution >= 4 is 0 Å². The minimum Gasteiger partial charge on any atom is -0.507 e. The Morgan fingerprint density at radius 2 is 1.45 bits per heavy atom. The molecule has 1 aromatic rings. The summed E-state index contributed by atoms with van der Waals surface area (Å²) in [5.41, 5.74) is 1.65. The van der Waals surface area contributed by atoms with Gasteiger partial charge in [-0.15, -0.1) is 0 Å². The van der Waals surface area contributed by atoms with Gasteiger partial charge in [-0.1, -0.05) is 60.6 Å². The van der Waals surface area contributed by atoms with Crippen LogP contribution in [0.25, 0.3) is 0 Å². The highest BCUT2D eigenvalue weighted by Gasteiger charge is 2.26. The van der Waals surface area contributed by atoms with E-state index in [0.717, 1.165) is 29.7 Å². The summed E-state index contributed by atoms with van der Waals surface area (Å²) in [5.74, 6) is 1.25. The third-order valence-electron chi connectivity index (χ3n) is 3.66. The molecule has 0 aliphatic heterocycles. The van der Waals surface area contributed by atoms with Crippen LogP contribution in [-0.2, 0) is 10.8 Å². The molecule has 0 aliphatic rings. The normalized spacial score (nSPS) is 12.9. The summed E-state index contributed by atoms with van der Waals surface area (Å²) in [7, 11) is 0. The average Bonchev–Trinajstić information content (AvgIpc) is 2.37. The van der Waals surface area contributed by atoms with E-state index in [1.807, 2.05) is 12.1 Å². The van der Waals surface area contributed by atoms with Crippen LogP contribution in [0.3, 0.4) is 0 Å². The van der Waals surface area contributed by atoms with Gasteiger partial charge < -0.3 is 9.84 Å². The first-order valence-electron chi connectivity index (χ1n) is 8.23. The monoisotopic (exact) mass is 304 g/mol. The first kappa shape index (κ1) is 18.6. The zero-order valence-corrected chi connectivity index (χ0v) is 15.3. The topological polar surface area (TPSA) is 29.5 Å². The van der Waals surface area contributed by atoms with Crippen molar-refractivity contribution < 1.29 is 9.84 Å². The Morgan fingerprint density at radius 3 is 1.86 bits per heavy atom. The molecule has 0 atom stereocenters. The maximum Gasteiger partial charge on any atom is 0.123 e. The highest BCUT2D eigenvalue weighted by molar-refractivity contribution is 5.51. The van der Waals surface area contributed by atoms with Gasteiger partial charge in [0.05, 0.1) is 6.61 Å². The van der Waals surface area contributed by atoms with Gasteiger partial charge in [-0.25, -0.2) is 0 Å². The van der Waals surface area contributed by atoms with E-state index in [0.29, 0.717) is 12.4 Å². The highest BCUT2D eigenvalue weighted by atomic mass is 16.5. The van der Waals surface area contributed by atoms with Crippen LogP contribution in [0.5, 0.6) is 11.5 Å². The Balaban J connectivity index is 3.10. The molecule has 2 heteroatoms. The molecule has 0 saturated carbocycles. The third-order valence-corrected chi connectivity index (χ3v) is 3.66. The number of allylic oxidation sites excluding steroid dienone is 1. The lowest BCUT2D eigenvalue weighted by Crippen LogP contribution is -2.17. The van der Waals surface area contributed by atoms with E-state index in [1.165, 1.54) is 0 Å². The van der Waals surface area contributed by atoms with Crippen LogP contribution in [0.2, 0.25) is 0 Å². The van der Waals surface area contributed by atoms with Gasteiger partial charge in [-0.05, 0) is 35.8 Å². The number of hydrogen-bond acceptors (Lipinski definition) is 2. The van der Waals surface area contributed by atoms with Gasteiger partial charge in [0.25, 0.3) is 0 Å². The van der Waals surface area contributed by atoms with E-state index < -0.39 is 0 Å². The predicted octanol–water partition coefficient (Wildman–Crippen LogP) is 5.72. The molecule has 0 spiro atoms. The molecule has 1 rings (SSSR count). The molecule has 0 aromatic heterocycles. The molecule has 0 radical (unpaired) electrons. The first-order valence-corrected chi connectivity index (χ1v) is 8.23. The lowest BCUT2D eigenvalue weighted by Gasteiger charge is -2.28. The van der Waals surface area contributed by atoms with Crippen molar-refractivity contribution in [2.75, 3.05) is 6.61 Å². The summed E-state index contributed by atoms with van der Waals surface area (Å²) in [6.07, 6.45) is 6.27. The smallest absolute Gasteiger partial charge is 0.123 e. The van der Waals surface area contributed by atoms with Gasteiger partial charge in [0.2, 0.25) is 0 Å². The average molecular weight is 304 g/mol. The molecule has 1 N–H and O–H groups in total. The van der Waals surface area contributed by atoms with Crippen molar-refractivity contribution in [2.24, 2.45) is 0 Å². The van der Waals surface area contributed by atoms with Crippen molar-refractivity contribution in [3.63, 3.8) is 0 Å². The van der Waals surface area contributed by atoms with Gasteiger partial charge in [-0.3, -0.25) is 0 Å². The summed E-state index contributed by atoms with van der Waals surface area (Å²) in [4.78, 5) is 0. The van der Waals surface area contributed by atoms with Crippen molar-refractivity contribution in [2.45, 2.75) is 72.1 Å². The van der Waals surface area contributed by atoms with E-state index in [1.54, 1.807) is 0 Å². The molecule has 22 heavy (non-hydrogen) atoms. The fourth-order valence-electron chi connectivity index (χ4n) is 2.36. The standard InChI is InChI=1S/C20H32O2/c1-8-9-10-11-12-22-15-13-16(19(2,3)4)18(21)17(14-15)20(5,6)7/h9-10,13-14,21H,8,11-12H2,1-7H3. The van der Waals surface area contributed by atoms with Crippen molar-refractivity contribution in [3.05, 3.63) is 35.4 Å². The maximum atomic E-state index is 10.7. The van der Waals surface area contributed by atoms with E-state index in [9.17, 15) is 5.11 Å². The fraction of sp³-hybridized carbons (Fsp3) is 0.600. The quantitative estimate of drug-likeness (QED) is 0.556. The number of phenolic OH excluding ortho intramolecular Hbond substituents is 1. The number of ether oxygens (including phenoxy) is 1. The molecule has 0 bridgehead atoms. The third kappa shape index (κ3) is 5.08. The largest absolute Gasteiger partial charge is 0.507 e. The highest BCUT2D eigenvalue weighted by Crippen LogP contribution is 2.41. The number of phenols is 1. The zero-order chi connectivity index (χ0) is 17.0. The summed E-state index contributed by atoms with van der Waals surface area (Å²) >= 11 is 0. The minimum absolute atomic E-state index is 0.119. The summed E-state index contributed by atoms with van der Waals surface area (Å²) in [6.45, 7) is 15.5. The molecular formula is C20H32O2. The molecule has 0 heterocycles. The molecular weight excluding hydrogens is 272 g/mol. The molecule has 0 amide bonds. The lowest BCUT2D eigenvalue weighted by atomic mass is 9.79. The Morgan fingerprint density at radius 1 is 0.955 bits per heavy atom. The van der Waals surface area contributed by atoms with Crippen molar-refractivity contribution in [3.8, 4) is 11.5 Å².